The van der Waals surface area contributed by atoms with Crippen LogP contribution in [-0.2, 0) is 17.6 Å². The highest BCUT2D eigenvalue weighted by Gasteiger charge is 2.13. The molecule has 0 bridgehead atoms. The van der Waals surface area contributed by atoms with Crippen LogP contribution < -0.4 is 0 Å². The number of hydrogen-bond acceptors (Lipinski definition) is 4. The number of aromatic nitrogens is 1. The van der Waals surface area contributed by atoms with Gasteiger partial charge in [-0.05, 0) is 25.3 Å². The standard InChI is InChI=1S/C14H15NO3/c1-2-17-14(16)13-10-12(15-18-13)9-8-11-6-4-3-5-7-11/h3-7,10H,2,8-9H2,1H3. The van der Waals surface area contributed by atoms with Crippen LogP contribution in [0.1, 0.15) is 28.7 Å². The molecular weight excluding hydrogens is 230 g/mol. The summed E-state index contributed by atoms with van der Waals surface area (Å²) in [7, 11) is 0. The van der Waals surface area contributed by atoms with E-state index in [1.54, 1.807) is 13.0 Å². The number of rotatable bonds is 5. The van der Waals surface area contributed by atoms with Crippen LogP contribution in [0, 0.1) is 0 Å². The Morgan fingerprint density at radius 3 is 2.78 bits per heavy atom. The first kappa shape index (κ1) is 12.4. The molecule has 1 aromatic heterocycles. The number of aryl methyl sites for hydroxylation is 2. The third kappa shape index (κ3) is 3.20. The second-order valence-corrected chi connectivity index (χ2v) is 3.89. The molecule has 1 heterocycles. The maximum atomic E-state index is 11.4. The highest BCUT2D eigenvalue weighted by Crippen LogP contribution is 2.09. The first-order valence-corrected chi connectivity index (χ1v) is 5.96. The van der Waals surface area contributed by atoms with Gasteiger partial charge in [0.05, 0.1) is 12.3 Å². The molecule has 0 N–H and O–H groups in total. The van der Waals surface area contributed by atoms with E-state index in [0.717, 1.165) is 18.5 Å². The molecule has 0 amide bonds. The fourth-order valence-corrected chi connectivity index (χ4v) is 1.65. The normalized spacial score (nSPS) is 10.3. The number of esters is 1. The molecular formula is C14H15NO3. The fraction of sp³-hybridized carbons (Fsp3) is 0.286. The number of nitrogens with zero attached hydrogens (tertiary/aromatic N) is 1. The molecule has 0 aliphatic heterocycles. The van der Waals surface area contributed by atoms with Crippen molar-refractivity contribution in [2.24, 2.45) is 0 Å². The zero-order valence-corrected chi connectivity index (χ0v) is 10.3. The molecule has 0 aliphatic carbocycles. The Labute approximate surface area is 106 Å². The fourth-order valence-electron chi connectivity index (χ4n) is 1.65. The number of benzene rings is 1. The second kappa shape index (κ2) is 6.00. The van der Waals surface area contributed by atoms with Gasteiger partial charge in [0, 0.05) is 6.07 Å². The van der Waals surface area contributed by atoms with Crippen molar-refractivity contribution in [1.29, 1.82) is 0 Å². The number of carbonyl (C=O) groups excluding carboxylic acids is 1. The molecule has 0 unspecified atom stereocenters. The van der Waals surface area contributed by atoms with E-state index >= 15 is 0 Å². The molecule has 1 aromatic carbocycles. The third-order valence-corrected chi connectivity index (χ3v) is 2.55. The topological polar surface area (TPSA) is 52.3 Å². The van der Waals surface area contributed by atoms with E-state index in [-0.39, 0.29) is 5.76 Å². The number of ether oxygens (including phenoxy) is 1. The average Bonchev–Trinajstić information content (AvgIpc) is 2.87. The van der Waals surface area contributed by atoms with Crippen molar-refractivity contribution < 1.29 is 14.1 Å². The Morgan fingerprint density at radius 1 is 1.28 bits per heavy atom. The van der Waals surface area contributed by atoms with Gasteiger partial charge < -0.3 is 9.26 Å². The maximum absolute atomic E-state index is 11.4. The summed E-state index contributed by atoms with van der Waals surface area (Å²) in [4.78, 5) is 11.4. The first-order chi connectivity index (χ1) is 8.79. The zero-order chi connectivity index (χ0) is 12.8. The summed E-state index contributed by atoms with van der Waals surface area (Å²) in [5.74, 6) is -0.295. The molecule has 0 spiro atoms. The van der Waals surface area contributed by atoms with E-state index in [1.807, 2.05) is 18.2 Å². The molecule has 0 radical (unpaired) electrons. The third-order valence-electron chi connectivity index (χ3n) is 2.55. The van der Waals surface area contributed by atoms with Crippen LogP contribution in [0.25, 0.3) is 0 Å². The lowest BCUT2D eigenvalue weighted by molar-refractivity contribution is 0.0479. The summed E-state index contributed by atoms with van der Waals surface area (Å²) in [6.07, 6.45) is 1.61. The van der Waals surface area contributed by atoms with Gasteiger partial charge in [-0.3, -0.25) is 0 Å². The summed E-state index contributed by atoms with van der Waals surface area (Å²) in [6.45, 7) is 2.09. The van der Waals surface area contributed by atoms with E-state index in [2.05, 4.69) is 17.3 Å². The molecule has 0 atom stereocenters. The van der Waals surface area contributed by atoms with Gasteiger partial charge in [0.1, 0.15) is 0 Å². The molecule has 2 aromatic rings. The van der Waals surface area contributed by atoms with Crippen LogP contribution in [0.3, 0.4) is 0 Å². The Bertz CT molecular complexity index is 505. The SMILES string of the molecule is CCOC(=O)c1cc(CCc2ccccc2)no1. The van der Waals surface area contributed by atoms with Crippen LogP contribution in [0.4, 0.5) is 0 Å². The lowest BCUT2D eigenvalue weighted by Crippen LogP contribution is -2.02. The largest absolute Gasteiger partial charge is 0.460 e. The Kier molecular flexibility index (Phi) is 4.12. The van der Waals surface area contributed by atoms with Crippen molar-refractivity contribution in [3.8, 4) is 0 Å². The van der Waals surface area contributed by atoms with Gasteiger partial charge in [0.25, 0.3) is 0 Å². The van der Waals surface area contributed by atoms with Crippen molar-refractivity contribution in [2.75, 3.05) is 6.61 Å². The van der Waals surface area contributed by atoms with Crippen molar-refractivity contribution in [1.82, 2.24) is 5.16 Å². The van der Waals surface area contributed by atoms with Crippen LogP contribution >= 0.6 is 0 Å². The summed E-state index contributed by atoms with van der Waals surface area (Å²) in [5.41, 5.74) is 2.00. The van der Waals surface area contributed by atoms with Gasteiger partial charge >= 0.3 is 5.97 Å². The minimum absolute atomic E-state index is 0.167. The van der Waals surface area contributed by atoms with Crippen molar-refractivity contribution >= 4 is 5.97 Å². The van der Waals surface area contributed by atoms with Crippen molar-refractivity contribution in [2.45, 2.75) is 19.8 Å². The van der Waals surface area contributed by atoms with Crippen molar-refractivity contribution in [3.05, 3.63) is 53.4 Å². The second-order valence-electron chi connectivity index (χ2n) is 3.89. The van der Waals surface area contributed by atoms with Gasteiger partial charge in [-0.25, -0.2) is 4.79 Å². The highest BCUT2D eigenvalue weighted by molar-refractivity contribution is 5.86. The first-order valence-electron chi connectivity index (χ1n) is 5.96. The minimum atomic E-state index is -0.462. The van der Waals surface area contributed by atoms with Gasteiger partial charge in [-0.15, -0.1) is 0 Å². The molecule has 2 rings (SSSR count). The van der Waals surface area contributed by atoms with Crippen LogP contribution in [0.2, 0.25) is 0 Å². The predicted molar refractivity (Wildman–Crippen MR) is 66.3 cm³/mol. The molecule has 0 fully saturated rings. The number of hydrogen-bond donors (Lipinski definition) is 0. The van der Waals surface area contributed by atoms with Crippen LogP contribution in [0.5, 0.6) is 0 Å². The predicted octanol–water partition coefficient (Wildman–Crippen LogP) is 2.64. The summed E-state index contributed by atoms with van der Waals surface area (Å²) >= 11 is 0. The van der Waals surface area contributed by atoms with E-state index < -0.39 is 5.97 Å². The van der Waals surface area contributed by atoms with E-state index in [0.29, 0.717) is 6.61 Å². The van der Waals surface area contributed by atoms with E-state index in [9.17, 15) is 4.79 Å². The summed E-state index contributed by atoms with van der Waals surface area (Å²) in [6, 6.07) is 11.8. The lowest BCUT2D eigenvalue weighted by atomic mass is 10.1. The van der Waals surface area contributed by atoms with Gasteiger partial charge in [-0.2, -0.15) is 0 Å². The smallest absolute Gasteiger partial charge is 0.377 e. The number of carbonyl (C=O) groups is 1. The summed E-state index contributed by atoms with van der Waals surface area (Å²) < 4.78 is 9.77. The van der Waals surface area contributed by atoms with E-state index in [1.165, 1.54) is 5.56 Å². The van der Waals surface area contributed by atoms with Gasteiger partial charge in [0.15, 0.2) is 0 Å². The van der Waals surface area contributed by atoms with Crippen molar-refractivity contribution in [3.63, 3.8) is 0 Å². The Morgan fingerprint density at radius 2 is 2.06 bits per heavy atom. The van der Waals surface area contributed by atoms with Crippen LogP contribution in [-0.4, -0.2) is 17.7 Å². The molecule has 94 valence electrons. The molecule has 0 saturated carbocycles. The molecule has 4 heteroatoms. The zero-order valence-electron chi connectivity index (χ0n) is 10.3. The molecule has 18 heavy (non-hydrogen) atoms. The minimum Gasteiger partial charge on any atom is -0.460 e. The highest BCUT2D eigenvalue weighted by atomic mass is 16.6. The average molecular weight is 245 g/mol. The van der Waals surface area contributed by atoms with Crippen LogP contribution in [0.15, 0.2) is 40.9 Å². The Balaban J connectivity index is 1.93. The van der Waals surface area contributed by atoms with Gasteiger partial charge in [0.2, 0.25) is 5.76 Å². The molecule has 4 nitrogen and oxygen atoms in total. The lowest BCUT2D eigenvalue weighted by Gasteiger charge is -1.97. The van der Waals surface area contributed by atoms with Gasteiger partial charge in [-0.1, -0.05) is 35.5 Å². The van der Waals surface area contributed by atoms with E-state index in [4.69, 9.17) is 9.26 Å². The maximum Gasteiger partial charge on any atom is 0.377 e. The molecule has 0 aliphatic rings. The molecule has 0 saturated heterocycles. The Hall–Kier alpha value is -2.10. The quantitative estimate of drug-likeness (QED) is 0.760. The monoisotopic (exact) mass is 245 g/mol. The summed E-state index contributed by atoms with van der Waals surface area (Å²) in [5, 5.41) is 3.86.